The molecule has 3 N–H and O–H groups in total. The van der Waals surface area contributed by atoms with E-state index in [0.29, 0.717) is 6.54 Å². The molecule has 0 atom stereocenters. The van der Waals surface area contributed by atoms with Gasteiger partial charge in [0.2, 0.25) is 5.95 Å². The fourth-order valence-electron chi connectivity index (χ4n) is 1.47. The van der Waals surface area contributed by atoms with E-state index >= 15 is 0 Å². The summed E-state index contributed by atoms with van der Waals surface area (Å²) < 4.78 is 2.08. The predicted molar refractivity (Wildman–Crippen MR) is 57.3 cm³/mol. The van der Waals surface area contributed by atoms with E-state index in [1.807, 2.05) is 7.05 Å². The summed E-state index contributed by atoms with van der Waals surface area (Å²) >= 11 is 0. The normalized spacial score (nSPS) is 11.8. The molecule has 5 nitrogen and oxygen atoms in total. The first-order valence-electron chi connectivity index (χ1n) is 4.83. The molecule has 0 saturated carbocycles. The van der Waals surface area contributed by atoms with Crippen LogP contribution in [0.3, 0.4) is 0 Å². The number of hydrogen-bond donors (Lipinski definition) is 2. The molecule has 80 valence electrons. The zero-order valence-corrected chi connectivity index (χ0v) is 9.33. The van der Waals surface area contributed by atoms with E-state index in [-0.39, 0.29) is 5.54 Å². The third kappa shape index (κ3) is 2.04. The summed E-state index contributed by atoms with van der Waals surface area (Å²) in [5, 5.41) is 11.2. The van der Waals surface area contributed by atoms with Crippen molar-refractivity contribution in [3.63, 3.8) is 0 Å². The lowest BCUT2D eigenvalue weighted by molar-refractivity contribution is 0.387. The fourth-order valence-corrected chi connectivity index (χ4v) is 1.47. The highest BCUT2D eigenvalue weighted by atomic mass is 15.4. The minimum Gasteiger partial charge on any atom is -0.357 e. The van der Waals surface area contributed by atoms with Crippen LogP contribution in [0, 0.1) is 0 Å². The van der Waals surface area contributed by atoms with Gasteiger partial charge in [-0.25, -0.2) is 0 Å². The molecular weight excluding hydrogens is 178 g/mol. The lowest BCUT2D eigenvalue weighted by Crippen LogP contribution is -2.26. The number of hydrogen-bond acceptors (Lipinski definition) is 4. The Kier molecular flexibility index (Phi) is 3.10. The third-order valence-electron chi connectivity index (χ3n) is 1.99. The molecule has 0 unspecified atom stereocenters. The lowest BCUT2D eigenvalue weighted by atomic mass is 10.1. The number of nitrogens with one attached hydrogen (secondary N) is 1. The van der Waals surface area contributed by atoms with Crippen LogP contribution in [-0.4, -0.2) is 28.4 Å². The van der Waals surface area contributed by atoms with Crippen molar-refractivity contribution in [3.8, 4) is 0 Å². The molecule has 0 saturated heterocycles. The van der Waals surface area contributed by atoms with Crippen LogP contribution in [0.5, 0.6) is 0 Å². The second-order valence-electron chi connectivity index (χ2n) is 4.23. The zero-order chi connectivity index (χ0) is 10.8. The molecule has 0 aliphatic heterocycles. The highest BCUT2D eigenvalue weighted by Crippen LogP contribution is 2.21. The maximum absolute atomic E-state index is 5.52. The van der Waals surface area contributed by atoms with Gasteiger partial charge in [0.15, 0.2) is 0 Å². The molecule has 0 bridgehead atoms. The highest BCUT2D eigenvalue weighted by molar-refractivity contribution is 5.26. The average Bonchev–Trinajstić information content (AvgIpc) is 2.47. The quantitative estimate of drug-likeness (QED) is 0.743. The van der Waals surface area contributed by atoms with E-state index in [1.54, 1.807) is 0 Å². The van der Waals surface area contributed by atoms with E-state index in [1.165, 1.54) is 0 Å². The van der Waals surface area contributed by atoms with Crippen molar-refractivity contribution in [2.45, 2.75) is 32.7 Å². The molecule has 0 spiro atoms. The maximum atomic E-state index is 5.52. The Bertz CT molecular complexity index is 297. The molecule has 1 heterocycles. The van der Waals surface area contributed by atoms with Gasteiger partial charge in [0.05, 0.1) is 0 Å². The van der Waals surface area contributed by atoms with E-state index in [4.69, 9.17) is 5.73 Å². The molecule has 0 radical (unpaired) electrons. The lowest BCUT2D eigenvalue weighted by Gasteiger charge is -2.24. The van der Waals surface area contributed by atoms with Crippen molar-refractivity contribution < 1.29 is 0 Å². The Hall–Kier alpha value is -1.10. The van der Waals surface area contributed by atoms with Gasteiger partial charge >= 0.3 is 0 Å². The number of nitrogens with zero attached hydrogens (tertiary/aromatic N) is 3. The fraction of sp³-hybridized carbons (Fsp3) is 0.778. The van der Waals surface area contributed by atoms with Crippen molar-refractivity contribution in [2.24, 2.45) is 5.73 Å². The molecule has 5 heteroatoms. The van der Waals surface area contributed by atoms with Gasteiger partial charge in [-0.3, -0.25) is 4.57 Å². The number of anilines is 1. The van der Waals surface area contributed by atoms with Crippen molar-refractivity contribution >= 4 is 5.95 Å². The second kappa shape index (κ2) is 3.96. The van der Waals surface area contributed by atoms with Crippen LogP contribution in [-0.2, 0) is 12.0 Å². The number of aromatic nitrogens is 3. The van der Waals surface area contributed by atoms with E-state index in [0.717, 1.165) is 18.2 Å². The van der Waals surface area contributed by atoms with Crippen molar-refractivity contribution in [3.05, 3.63) is 5.82 Å². The van der Waals surface area contributed by atoms with Gasteiger partial charge in [0, 0.05) is 19.0 Å². The van der Waals surface area contributed by atoms with Crippen LogP contribution in [0.25, 0.3) is 0 Å². The molecular formula is C9H19N5. The molecule has 0 amide bonds. The van der Waals surface area contributed by atoms with Crippen LogP contribution < -0.4 is 11.1 Å². The van der Waals surface area contributed by atoms with Crippen LogP contribution in [0.15, 0.2) is 0 Å². The Balaban J connectivity index is 3.13. The summed E-state index contributed by atoms with van der Waals surface area (Å²) in [7, 11) is 1.85. The average molecular weight is 197 g/mol. The Morgan fingerprint density at radius 1 is 1.36 bits per heavy atom. The molecule has 0 fully saturated rings. The Labute approximate surface area is 84.7 Å². The topological polar surface area (TPSA) is 68.8 Å². The second-order valence-corrected chi connectivity index (χ2v) is 4.23. The van der Waals surface area contributed by atoms with Gasteiger partial charge in [-0.2, -0.15) is 0 Å². The third-order valence-corrected chi connectivity index (χ3v) is 1.99. The standard InChI is InChI=1S/C9H19N5/c1-9(2,3)14-7(5-6-10)12-13-8(14)11-4/h5-6,10H2,1-4H3,(H,11,13). The predicted octanol–water partition coefficient (Wildman–Crippen LogP) is 0.576. The zero-order valence-electron chi connectivity index (χ0n) is 9.33. The van der Waals surface area contributed by atoms with Crippen LogP contribution in [0.1, 0.15) is 26.6 Å². The monoisotopic (exact) mass is 197 g/mol. The summed E-state index contributed by atoms with van der Waals surface area (Å²) in [5.41, 5.74) is 5.50. The molecule has 0 aliphatic carbocycles. The van der Waals surface area contributed by atoms with E-state index in [9.17, 15) is 0 Å². The van der Waals surface area contributed by atoms with E-state index < -0.39 is 0 Å². The minimum absolute atomic E-state index is 0.0215. The summed E-state index contributed by atoms with van der Waals surface area (Å²) in [5.74, 6) is 1.73. The van der Waals surface area contributed by atoms with Crippen LogP contribution in [0.4, 0.5) is 5.95 Å². The van der Waals surface area contributed by atoms with Gasteiger partial charge in [0.1, 0.15) is 5.82 Å². The summed E-state index contributed by atoms with van der Waals surface area (Å²) in [4.78, 5) is 0. The summed E-state index contributed by atoms with van der Waals surface area (Å²) in [6, 6.07) is 0. The maximum Gasteiger partial charge on any atom is 0.224 e. The SMILES string of the molecule is CNc1nnc(CCN)n1C(C)(C)C. The molecule has 14 heavy (non-hydrogen) atoms. The van der Waals surface area contributed by atoms with Crippen molar-refractivity contribution in [1.82, 2.24) is 14.8 Å². The van der Waals surface area contributed by atoms with Gasteiger partial charge in [-0.05, 0) is 27.3 Å². The molecule has 1 aromatic rings. The van der Waals surface area contributed by atoms with Gasteiger partial charge in [-0.15, -0.1) is 10.2 Å². The molecule has 1 rings (SSSR count). The first kappa shape index (κ1) is 11.0. The first-order valence-corrected chi connectivity index (χ1v) is 4.83. The van der Waals surface area contributed by atoms with Gasteiger partial charge < -0.3 is 11.1 Å². The first-order chi connectivity index (χ1) is 6.50. The van der Waals surface area contributed by atoms with E-state index in [2.05, 4.69) is 40.9 Å². The Morgan fingerprint density at radius 2 is 2.00 bits per heavy atom. The molecule has 0 aliphatic rings. The smallest absolute Gasteiger partial charge is 0.224 e. The van der Waals surface area contributed by atoms with Crippen molar-refractivity contribution in [2.75, 3.05) is 18.9 Å². The minimum atomic E-state index is -0.0215. The van der Waals surface area contributed by atoms with Crippen LogP contribution in [0.2, 0.25) is 0 Å². The Morgan fingerprint density at radius 3 is 2.43 bits per heavy atom. The van der Waals surface area contributed by atoms with Gasteiger partial charge in [-0.1, -0.05) is 0 Å². The largest absolute Gasteiger partial charge is 0.357 e. The molecule has 0 aromatic carbocycles. The molecule has 1 aromatic heterocycles. The number of rotatable bonds is 3. The van der Waals surface area contributed by atoms with Crippen LogP contribution >= 0.6 is 0 Å². The van der Waals surface area contributed by atoms with Crippen molar-refractivity contribution in [1.29, 1.82) is 0 Å². The summed E-state index contributed by atoms with van der Waals surface area (Å²) in [6.45, 7) is 6.96. The summed E-state index contributed by atoms with van der Waals surface area (Å²) in [6.07, 6.45) is 0.756. The number of nitrogens with two attached hydrogens (primary N) is 1. The highest BCUT2D eigenvalue weighted by Gasteiger charge is 2.21. The van der Waals surface area contributed by atoms with Gasteiger partial charge in [0.25, 0.3) is 0 Å².